The van der Waals surface area contributed by atoms with E-state index in [0.29, 0.717) is 0 Å². The summed E-state index contributed by atoms with van der Waals surface area (Å²) < 4.78 is 0. The predicted octanol–water partition coefficient (Wildman–Crippen LogP) is 2.27. The van der Waals surface area contributed by atoms with Crippen LogP contribution < -0.4 is 0 Å². The van der Waals surface area contributed by atoms with Gasteiger partial charge in [0.2, 0.25) is 0 Å². The van der Waals surface area contributed by atoms with Gasteiger partial charge in [-0.25, -0.2) is 0 Å². The van der Waals surface area contributed by atoms with Crippen molar-refractivity contribution in [3.8, 4) is 0 Å². The molecule has 0 atom stereocenters. The molecule has 1 aromatic rings. The van der Waals surface area contributed by atoms with Crippen molar-refractivity contribution in [2.75, 3.05) is 0 Å². The number of hydrogen-bond donors (Lipinski definition) is 0. The smallest absolute Gasteiger partial charge is 1.00 e. The van der Waals surface area contributed by atoms with Crippen LogP contribution in [0.3, 0.4) is 0 Å². The SMILES string of the molecule is Cl.Cl.Cl.Clc1ccccc1.[AlH3].[H-].[H-].[Mg+2]. The van der Waals surface area contributed by atoms with Crippen LogP contribution in [0.15, 0.2) is 30.3 Å². The van der Waals surface area contributed by atoms with Crippen molar-refractivity contribution >= 4 is 89.2 Å². The van der Waals surface area contributed by atoms with Crippen molar-refractivity contribution in [3.05, 3.63) is 35.4 Å². The van der Waals surface area contributed by atoms with E-state index in [1.807, 2.05) is 30.3 Å². The van der Waals surface area contributed by atoms with E-state index < -0.39 is 0 Å². The van der Waals surface area contributed by atoms with Gasteiger partial charge >= 0.3 is 23.1 Å². The van der Waals surface area contributed by atoms with E-state index in [0.717, 1.165) is 5.02 Å². The second-order valence-corrected chi connectivity index (χ2v) is 1.73. The summed E-state index contributed by atoms with van der Waals surface area (Å²) in [6.07, 6.45) is 0. The van der Waals surface area contributed by atoms with Gasteiger partial charge in [0.1, 0.15) is 0 Å². The quantitative estimate of drug-likeness (QED) is 0.639. The van der Waals surface area contributed by atoms with E-state index in [1.165, 1.54) is 0 Å². The molecule has 0 aliphatic heterocycles. The minimum Gasteiger partial charge on any atom is -1.00 e. The molecule has 0 saturated carbocycles. The fourth-order valence-corrected chi connectivity index (χ4v) is 0.560. The Balaban J connectivity index is -0.0000000140. The van der Waals surface area contributed by atoms with Gasteiger partial charge in [-0.15, -0.1) is 37.2 Å². The molecule has 1 rings (SSSR count). The molecule has 0 saturated heterocycles. The fraction of sp³-hybridized carbons (Fsp3) is 0. The van der Waals surface area contributed by atoms with Crippen molar-refractivity contribution < 1.29 is 2.85 Å². The molecular formula is C6H13AlCl4Mg. The largest absolute Gasteiger partial charge is 2.00 e. The minimum atomic E-state index is 0. The van der Waals surface area contributed by atoms with Crippen molar-refractivity contribution in [3.63, 3.8) is 0 Å². The number of hydrogen-bond acceptors (Lipinski definition) is 0. The Kier molecular flexibility index (Phi) is 44.9. The van der Waals surface area contributed by atoms with Crippen LogP contribution in [0.4, 0.5) is 0 Å². The Bertz CT molecular complexity index is 158. The Morgan fingerprint density at radius 2 is 1.25 bits per heavy atom. The molecule has 0 amide bonds. The Hall–Kier alpha value is 1.68. The second kappa shape index (κ2) is 18.5. The number of rotatable bonds is 0. The average Bonchev–Trinajstić information content (AvgIpc) is 1.69. The maximum Gasteiger partial charge on any atom is 2.00 e. The van der Waals surface area contributed by atoms with Crippen LogP contribution in [-0.2, 0) is 0 Å². The summed E-state index contributed by atoms with van der Waals surface area (Å²) in [4.78, 5) is 0. The first-order valence-corrected chi connectivity index (χ1v) is 2.48. The van der Waals surface area contributed by atoms with Crippen LogP contribution >= 0.6 is 48.8 Å². The van der Waals surface area contributed by atoms with E-state index in [4.69, 9.17) is 11.6 Å². The van der Waals surface area contributed by atoms with Crippen molar-refractivity contribution in [2.24, 2.45) is 0 Å². The van der Waals surface area contributed by atoms with Gasteiger partial charge in [0, 0.05) is 5.02 Å². The molecule has 0 radical (unpaired) electrons. The molecule has 0 heterocycles. The molecule has 0 N–H and O–H groups in total. The van der Waals surface area contributed by atoms with Crippen molar-refractivity contribution in [2.45, 2.75) is 0 Å². The van der Waals surface area contributed by atoms with Crippen LogP contribution in [0.1, 0.15) is 2.85 Å². The first-order valence-electron chi connectivity index (χ1n) is 2.10. The van der Waals surface area contributed by atoms with E-state index in [2.05, 4.69) is 0 Å². The molecule has 1 aromatic carbocycles. The van der Waals surface area contributed by atoms with E-state index in [-0.39, 0.29) is 80.5 Å². The molecular weight excluding hydrogens is 265 g/mol. The monoisotopic (exact) mass is 276 g/mol. The molecule has 0 aromatic heterocycles. The van der Waals surface area contributed by atoms with Crippen LogP contribution in [0.25, 0.3) is 0 Å². The molecule has 0 bridgehead atoms. The maximum absolute atomic E-state index is 5.54. The third-order valence-corrected chi connectivity index (χ3v) is 0.985. The first-order chi connectivity index (χ1) is 3.39. The number of halogens is 4. The predicted molar refractivity (Wildman–Crippen MR) is 71.1 cm³/mol. The average molecular weight is 278 g/mol. The van der Waals surface area contributed by atoms with Gasteiger partial charge in [0.05, 0.1) is 0 Å². The van der Waals surface area contributed by atoms with Crippen molar-refractivity contribution in [1.29, 1.82) is 0 Å². The molecule has 6 heteroatoms. The second-order valence-electron chi connectivity index (χ2n) is 1.30. The molecule has 0 fully saturated rings. The topological polar surface area (TPSA) is 0 Å². The fourth-order valence-electron chi connectivity index (χ4n) is 0.415. The van der Waals surface area contributed by atoms with Crippen LogP contribution in [-0.4, -0.2) is 40.4 Å². The van der Waals surface area contributed by atoms with E-state index >= 15 is 0 Å². The Morgan fingerprint density at radius 3 is 1.42 bits per heavy atom. The molecule has 0 nitrogen and oxygen atoms in total. The van der Waals surface area contributed by atoms with Crippen LogP contribution in [0.5, 0.6) is 0 Å². The first kappa shape index (κ1) is 29.2. The summed E-state index contributed by atoms with van der Waals surface area (Å²) >= 11 is 5.54. The summed E-state index contributed by atoms with van der Waals surface area (Å²) in [5.74, 6) is 0. The molecule has 0 spiro atoms. The zero-order valence-corrected chi connectivity index (χ0v) is 10.3. The molecule has 70 valence electrons. The summed E-state index contributed by atoms with van der Waals surface area (Å²) in [5.41, 5.74) is 0. The third-order valence-electron chi connectivity index (χ3n) is 0.733. The maximum atomic E-state index is 5.54. The molecule has 12 heavy (non-hydrogen) atoms. The number of benzene rings is 1. The molecule has 0 unspecified atom stereocenters. The summed E-state index contributed by atoms with van der Waals surface area (Å²) in [5, 5.41) is 0.794. The van der Waals surface area contributed by atoms with E-state index in [9.17, 15) is 0 Å². The van der Waals surface area contributed by atoms with Gasteiger partial charge in [0.15, 0.2) is 17.4 Å². The third kappa shape index (κ3) is 14.2. The van der Waals surface area contributed by atoms with Gasteiger partial charge in [-0.05, 0) is 12.1 Å². The standard InChI is InChI=1S/C6H5Cl.Al.3ClH.Mg.5H/c7-6-4-2-1-3-5-6;;;;;;;;;;/h1-5H;;3*1H;;;;;;/q;;;;;+2;;;;2*-1. The zero-order chi connectivity index (χ0) is 5.11. The van der Waals surface area contributed by atoms with Gasteiger partial charge in [-0.2, -0.15) is 0 Å². The van der Waals surface area contributed by atoms with Crippen molar-refractivity contribution in [1.82, 2.24) is 0 Å². The van der Waals surface area contributed by atoms with Gasteiger partial charge < -0.3 is 2.85 Å². The van der Waals surface area contributed by atoms with Gasteiger partial charge in [-0.3, -0.25) is 0 Å². The Morgan fingerprint density at radius 1 is 0.917 bits per heavy atom. The van der Waals surface area contributed by atoms with Crippen LogP contribution in [0, 0.1) is 0 Å². The zero-order valence-electron chi connectivity index (χ0n) is 7.70. The summed E-state index contributed by atoms with van der Waals surface area (Å²) in [6, 6.07) is 9.44. The van der Waals surface area contributed by atoms with E-state index in [1.54, 1.807) is 0 Å². The molecule has 0 aliphatic rings. The van der Waals surface area contributed by atoms with Gasteiger partial charge in [0.25, 0.3) is 0 Å². The summed E-state index contributed by atoms with van der Waals surface area (Å²) in [6.45, 7) is 0. The Labute approximate surface area is 126 Å². The van der Waals surface area contributed by atoms with Crippen LogP contribution in [0.2, 0.25) is 5.02 Å². The minimum absolute atomic E-state index is 0. The molecule has 0 aliphatic carbocycles. The summed E-state index contributed by atoms with van der Waals surface area (Å²) in [7, 11) is 0. The van der Waals surface area contributed by atoms with Gasteiger partial charge in [-0.1, -0.05) is 29.8 Å². The normalized spacial score (nSPS) is 5.08.